The van der Waals surface area contributed by atoms with E-state index in [9.17, 15) is 14.0 Å². The van der Waals surface area contributed by atoms with Gasteiger partial charge in [0.25, 0.3) is 11.5 Å². The third-order valence-corrected chi connectivity index (χ3v) is 7.19. The van der Waals surface area contributed by atoms with Gasteiger partial charge >= 0.3 is 0 Å². The number of hydrogen-bond donors (Lipinski definition) is 1. The van der Waals surface area contributed by atoms with Gasteiger partial charge in [-0.2, -0.15) is 5.10 Å². The van der Waals surface area contributed by atoms with Crippen LogP contribution in [-0.2, 0) is 5.54 Å². The number of carbonyl (C=O) groups is 1. The highest BCUT2D eigenvalue weighted by molar-refractivity contribution is 5.93. The molecule has 4 aromatic rings. The molecule has 1 aromatic carbocycles. The second kappa shape index (κ2) is 8.32. The van der Waals surface area contributed by atoms with E-state index < -0.39 is 11.7 Å². The molecule has 2 aliphatic rings. The highest BCUT2D eigenvalue weighted by Gasteiger charge is 2.46. The summed E-state index contributed by atoms with van der Waals surface area (Å²) >= 11 is 0. The quantitative estimate of drug-likeness (QED) is 0.444. The third-order valence-electron chi connectivity index (χ3n) is 7.19. The van der Waals surface area contributed by atoms with E-state index in [2.05, 4.69) is 25.4 Å². The van der Waals surface area contributed by atoms with Crippen molar-refractivity contribution in [2.75, 3.05) is 0 Å². The van der Waals surface area contributed by atoms with Crippen LogP contribution in [0.3, 0.4) is 0 Å². The Morgan fingerprint density at radius 2 is 1.89 bits per heavy atom. The zero-order valence-corrected chi connectivity index (χ0v) is 20.1. The summed E-state index contributed by atoms with van der Waals surface area (Å²) in [5.41, 5.74) is 2.14. The number of rotatable bonds is 6. The minimum Gasteiger partial charge on any atom is -0.340 e. The first kappa shape index (κ1) is 22.5. The number of hydrogen-bond acceptors (Lipinski definition) is 6. The van der Waals surface area contributed by atoms with E-state index in [-0.39, 0.29) is 29.4 Å². The number of halogens is 1. The summed E-state index contributed by atoms with van der Waals surface area (Å²) in [7, 11) is 0. The van der Waals surface area contributed by atoms with Crippen molar-refractivity contribution < 1.29 is 9.18 Å². The van der Waals surface area contributed by atoms with Crippen LogP contribution in [0.4, 0.5) is 4.39 Å². The van der Waals surface area contributed by atoms with Crippen LogP contribution in [-0.4, -0.2) is 41.4 Å². The van der Waals surface area contributed by atoms with Crippen LogP contribution in [0.5, 0.6) is 0 Å². The molecular weight excluding hydrogens is 461 g/mol. The van der Waals surface area contributed by atoms with E-state index >= 15 is 0 Å². The van der Waals surface area contributed by atoms with Crippen molar-refractivity contribution in [3.63, 3.8) is 0 Å². The maximum absolute atomic E-state index is 13.3. The number of aromatic nitrogens is 6. The molecule has 2 fully saturated rings. The lowest BCUT2D eigenvalue weighted by atomic mass is 9.90. The van der Waals surface area contributed by atoms with Gasteiger partial charge in [0.2, 0.25) is 5.82 Å². The van der Waals surface area contributed by atoms with Gasteiger partial charge in [0.05, 0.1) is 29.0 Å². The van der Waals surface area contributed by atoms with Gasteiger partial charge in [0, 0.05) is 24.5 Å². The number of benzene rings is 1. The number of nitrogens with zero attached hydrogens (tertiary/aromatic N) is 6. The van der Waals surface area contributed by atoms with Crippen molar-refractivity contribution in [3.05, 3.63) is 70.9 Å². The van der Waals surface area contributed by atoms with Crippen molar-refractivity contribution in [2.24, 2.45) is 0 Å². The van der Waals surface area contributed by atoms with E-state index in [1.807, 2.05) is 38.1 Å². The average Bonchev–Trinajstić information content (AvgIpc) is 3.50. The zero-order chi connectivity index (χ0) is 25.0. The number of nitrogens with one attached hydrogen (secondary N) is 1. The van der Waals surface area contributed by atoms with E-state index in [1.165, 1.54) is 10.9 Å². The van der Waals surface area contributed by atoms with Crippen LogP contribution in [0.2, 0.25) is 0 Å². The molecule has 184 valence electrons. The van der Waals surface area contributed by atoms with Crippen molar-refractivity contribution in [1.29, 1.82) is 0 Å². The third kappa shape index (κ3) is 3.77. The van der Waals surface area contributed by atoms with Gasteiger partial charge in [-0.3, -0.25) is 14.2 Å². The number of fused-ring (bicyclic) bond motifs is 1. The summed E-state index contributed by atoms with van der Waals surface area (Å²) in [6.07, 6.45) is 7.80. The van der Waals surface area contributed by atoms with E-state index in [0.29, 0.717) is 24.1 Å². The fourth-order valence-electron chi connectivity index (χ4n) is 4.81. The van der Waals surface area contributed by atoms with Crippen molar-refractivity contribution in [2.45, 2.75) is 63.3 Å². The van der Waals surface area contributed by atoms with Crippen LogP contribution >= 0.6 is 0 Å². The summed E-state index contributed by atoms with van der Waals surface area (Å²) in [4.78, 5) is 39.0. The van der Waals surface area contributed by atoms with Gasteiger partial charge in [-0.1, -0.05) is 24.3 Å². The summed E-state index contributed by atoms with van der Waals surface area (Å²) in [6.45, 7) is 4.01. The molecule has 0 bridgehead atoms. The molecule has 0 unspecified atom stereocenters. The lowest BCUT2D eigenvalue weighted by Crippen LogP contribution is -2.36. The predicted molar refractivity (Wildman–Crippen MR) is 131 cm³/mol. The average molecular weight is 488 g/mol. The number of carbonyl (C=O) groups excluding carboxylic acids is 1. The highest BCUT2D eigenvalue weighted by Crippen LogP contribution is 2.46. The van der Waals surface area contributed by atoms with Crippen LogP contribution in [0.25, 0.3) is 22.2 Å². The van der Waals surface area contributed by atoms with Crippen molar-refractivity contribution in [3.8, 4) is 11.1 Å². The maximum atomic E-state index is 13.3. The summed E-state index contributed by atoms with van der Waals surface area (Å²) in [6, 6.07) is 7.57. The molecule has 3 aromatic heterocycles. The van der Waals surface area contributed by atoms with Gasteiger partial charge in [-0.05, 0) is 50.7 Å². The topological polar surface area (TPSA) is 108 Å². The van der Waals surface area contributed by atoms with Crippen molar-refractivity contribution >= 4 is 16.9 Å². The Hall–Kier alpha value is -3.95. The molecule has 1 N–H and O–H groups in total. The minimum absolute atomic E-state index is 0.107. The van der Waals surface area contributed by atoms with Gasteiger partial charge in [0.15, 0.2) is 5.65 Å². The lowest BCUT2D eigenvalue weighted by Gasteiger charge is -2.31. The van der Waals surface area contributed by atoms with Gasteiger partial charge in [-0.15, -0.1) is 0 Å². The molecular formula is C26H26FN7O2. The first-order chi connectivity index (χ1) is 17.3. The Bertz CT molecular complexity index is 1520. The molecule has 0 saturated heterocycles. The monoisotopic (exact) mass is 487 g/mol. The van der Waals surface area contributed by atoms with Crippen LogP contribution in [0.1, 0.15) is 67.8 Å². The molecule has 10 heteroatoms. The molecule has 36 heavy (non-hydrogen) atoms. The van der Waals surface area contributed by atoms with Crippen LogP contribution in [0.15, 0.2) is 54.0 Å². The van der Waals surface area contributed by atoms with Crippen LogP contribution < -0.4 is 10.9 Å². The van der Waals surface area contributed by atoms with Gasteiger partial charge in [0.1, 0.15) is 6.17 Å². The largest absolute Gasteiger partial charge is 0.340 e. The Morgan fingerprint density at radius 1 is 1.14 bits per heavy atom. The standard InChI is InChI=1S/C26H26FN7O2/c1-15(2)34-23-17(12-30-34)11-29-22(31-23)24(35)32-26(7-8-26)18-5-3-16(4-6-18)21-13-28-14-33(25(21)36)20-9-19(27)10-20/h3-6,11-15,19-20H,7-10H2,1-2H3,(H,32,35)/t19-,20-. The maximum Gasteiger partial charge on any atom is 0.289 e. The Kier molecular flexibility index (Phi) is 5.20. The first-order valence-electron chi connectivity index (χ1n) is 12.2. The molecule has 1 amide bonds. The van der Waals surface area contributed by atoms with Gasteiger partial charge in [-0.25, -0.2) is 24.0 Å². The van der Waals surface area contributed by atoms with Crippen LogP contribution in [0, 0.1) is 0 Å². The van der Waals surface area contributed by atoms with Crippen molar-refractivity contribution in [1.82, 2.24) is 34.6 Å². The first-order valence-corrected chi connectivity index (χ1v) is 12.2. The molecule has 0 radical (unpaired) electrons. The molecule has 6 rings (SSSR count). The Balaban J connectivity index is 1.22. The Labute approximate surface area is 206 Å². The minimum atomic E-state index is -0.848. The van der Waals surface area contributed by atoms with Gasteiger partial charge < -0.3 is 5.32 Å². The highest BCUT2D eigenvalue weighted by atomic mass is 19.1. The van der Waals surface area contributed by atoms with E-state index in [0.717, 1.165) is 29.4 Å². The Morgan fingerprint density at radius 3 is 2.56 bits per heavy atom. The summed E-state index contributed by atoms with van der Waals surface area (Å²) in [5, 5.41) is 8.23. The summed E-state index contributed by atoms with van der Waals surface area (Å²) < 4.78 is 16.6. The predicted octanol–water partition coefficient (Wildman–Crippen LogP) is 3.72. The SMILES string of the molecule is CC(C)n1ncc2cnc(C(=O)NC3(c4ccc(-c5cncn([C@H]6C[C@H](F)C6)c5=O)cc4)CC3)nc21. The normalized spacial score (nSPS) is 20.3. The molecule has 2 aliphatic carbocycles. The zero-order valence-electron chi connectivity index (χ0n) is 20.1. The number of alkyl halides is 1. The molecule has 9 nitrogen and oxygen atoms in total. The summed E-state index contributed by atoms with van der Waals surface area (Å²) in [5.74, 6) is -0.230. The molecule has 0 spiro atoms. The number of amides is 1. The molecule has 0 atom stereocenters. The van der Waals surface area contributed by atoms with E-state index in [1.54, 1.807) is 23.3 Å². The second-order valence-corrected chi connectivity index (χ2v) is 10.0. The molecule has 2 saturated carbocycles. The fourth-order valence-corrected chi connectivity index (χ4v) is 4.81. The lowest BCUT2D eigenvalue weighted by molar-refractivity contribution is 0.0920. The van der Waals surface area contributed by atoms with E-state index in [4.69, 9.17) is 0 Å². The fraction of sp³-hybridized carbons (Fsp3) is 0.385. The molecule has 3 heterocycles. The second-order valence-electron chi connectivity index (χ2n) is 10.0. The molecule has 0 aliphatic heterocycles. The smallest absolute Gasteiger partial charge is 0.289 e.